The fourth-order valence-corrected chi connectivity index (χ4v) is 3.44. The number of nitrogens with one attached hydrogen (secondary N) is 1. The molecule has 140 valence electrons. The van der Waals surface area contributed by atoms with Crippen molar-refractivity contribution in [2.75, 3.05) is 24.5 Å². The maximum absolute atomic E-state index is 12.4. The van der Waals surface area contributed by atoms with Gasteiger partial charge in [-0.1, -0.05) is 0 Å². The first-order valence-electron chi connectivity index (χ1n) is 8.88. The molecule has 1 saturated heterocycles. The Morgan fingerprint density at radius 2 is 2.08 bits per heavy atom. The van der Waals surface area contributed by atoms with E-state index in [2.05, 4.69) is 20.4 Å². The highest BCUT2D eigenvalue weighted by molar-refractivity contribution is 5.79. The van der Waals surface area contributed by atoms with Gasteiger partial charge in [0.15, 0.2) is 0 Å². The van der Waals surface area contributed by atoms with Crippen LogP contribution in [0.25, 0.3) is 0 Å². The van der Waals surface area contributed by atoms with E-state index in [0.717, 1.165) is 29.9 Å². The van der Waals surface area contributed by atoms with Crippen LogP contribution < -0.4 is 10.2 Å². The monoisotopic (exact) mass is 358 g/mol. The van der Waals surface area contributed by atoms with Gasteiger partial charge in [-0.2, -0.15) is 5.10 Å². The van der Waals surface area contributed by atoms with E-state index in [0.29, 0.717) is 18.9 Å². The number of aromatic nitrogens is 4. The van der Waals surface area contributed by atoms with Crippen LogP contribution in [0.15, 0.2) is 18.5 Å². The van der Waals surface area contributed by atoms with Crippen molar-refractivity contribution in [1.82, 2.24) is 25.1 Å². The fraction of sp³-hybridized carbons (Fsp3) is 0.556. The van der Waals surface area contributed by atoms with E-state index in [4.69, 9.17) is 0 Å². The van der Waals surface area contributed by atoms with Crippen LogP contribution in [0.4, 0.5) is 5.95 Å². The largest absolute Gasteiger partial charge is 0.386 e. The van der Waals surface area contributed by atoms with Gasteiger partial charge in [-0.3, -0.25) is 9.48 Å². The third kappa shape index (κ3) is 4.01. The predicted octanol–water partition coefficient (Wildman–Crippen LogP) is 0.517. The first-order valence-corrected chi connectivity index (χ1v) is 8.88. The summed E-state index contributed by atoms with van der Waals surface area (Å²) in [5.74, 6) is 0.504. The number of piperidine rings is 1. The Morgan fingerprint density at radius 3 is 2.73 bits per heavy atom. The average molecular weight is 358 g/mol. The van der Waals surface area contributed by atoms with Crippen molar-refractivity contribution < 1.29 is 9.90 Å². The molecule has 0 aliphatic carbocycles. The maximum atomic E-state index is 12.4. The molecule has 1 aliphatic heterocycles. The Bertz CT molecular complexity index is 775. The van der Waals surface area contributed by atoms with Crippen molar-refractivity contribution in [2.45, 2.75) is 38.7 Å². The highest BCUT2D eigenvalue weighted by Gasteiger charge is 2.34. The molecule has 1 atom stereocenters. The van der Waals surface area contributed by atoms with Gasteiger partial charge >= 0.3 is 0 Å². The summed E-state index contributed by atoms with van der Waals surface area (Å²) in [5.41, 5.74) is 1.82. The number of rotatable bonds is 5. The number of anilines is 1. The molecule has 0 aromatic carbocycles. The lowest BCUT2D eigenvalue weighted by atomic mass is 9.93. The Morgan fingerprint density at radius 1 is 1.35 bits per heavy atom. The van der Waals surface area contributed by atoms with Crippen molar-refractivity contribution in [3.63, 3.8) is 0 Å². The molecule has 1 aliphatic rings. The summed E-state index contributed by atoms with van der Waals surface area (Å²) in [4.78, 5) is 22.8. The molecular weight excluding hydrogens is 332 g/mol. The number of carbonyl (C=O) groups excluding carboxylic acids is 1. The van der Waals surface area contributed by atoms with Crippen molar-refractivity contribution in [3.05, 3.63) is 35.4 Å². The molecule has 0 radical (unpaired) electrons. The zero-order valence-electron chi connectivity index (χ0n) is 15.6. The van der Waals surface area contributed by atoms with Crippen LogP contribution in [0, 0.1) is 13.8 Å². The van der Waals surface area contributed by atoms with Gasteiger partial charge in [0.25, 0.3) is 0 Å². The lowest BCUT2D eigenvalue weighted by molar-refractivity contribution is -0.121. The molecule has 0 unspecified atom stereocenters. The minimum Gasteiger partial charge on any atom is -0.386 e. The number of amides is 1. The van der Waals surface area contributed by atoms with Crippen LogP contribution in [0.3, 0.4) is 0 Å². The maximum Gasteiger partial charge on any atom is 0.225 e. The Labute approximate surface area is 153 Å². The lowest BCUT2D eigenvalue weighted by Crippen LogP contribution is -2.54. The van der Waals surface area contributed by atoms with E-state index in [1.54, 1.807) is 23.1 Å². The Kier molecular flexibility index (Phi) is 5.22. The topological polar surface area (TPSA) is 96.2 Å². The number of hydrogen-bond acceptors (Lipinski definition) is 6. The van der Waals surface area contributed by atoms with E-state index < -0.39 is 5.60 Å². The second-order valence-electron chi connectivity index (χ2n) is 7.02. The van der Waals surface area contributed by atoms with Gasteiger partial charge < -0.3 is 15.3 Å². The molecular formula is C18H26N6O2. The van der Waals surface area contributed by atoms with E-state index >= 15 is 0 Å². The van der Waals surface area contributed by atoms with E-state index in [1.165, 1.54) is 0 Å². The molecule has 3 heterocycles. The molecule has 1 amide bonds. The smallest absolute Gasteiger partial charge is 0.225 e. The zero-order valence-corrected chi connectivity index (χ0v) is 15.6. The number of nitrogens with zero attached hydrogens (tertiary/aromatic N) is 5. The van der Waals surface area contributed by atoms with Gasteiger partial charge in [0.2, 0.25) is 11.9 Å². The van der Waals surface area contributed by atoms with Crippen LogP contribution in [0.5, 0.6) is 0 Å². The van der Waals surface area contributed by atoms with Crippen LogP contribution in [-0.4, -0.2) is 56.0 Å². The summed E-state index contributed by atoms with van der Waals surface area (Å²) in [7, 11) is 1.87. The number of aliphatic hydroxyl groups is 1. The molecule has 8 heteroatoms. The molecule has 0 bridgehead atoms. The Hall–Kier alpha value is -2.48. The highest BCUT2D eigenvalue weighted by Crippen LogP contribution is 2.23. The lowest BCUT2D eigenvalue weighted by Gasteiger charge is -2.39. The van der Waals surface area contributed by atoms with Crippen LogP contribution in [0.2, 0.25) is 0 Å². The third-order valence-corrected chi connectivity index (χ3v) is 5.00. The molecule has 0 saturated carbocycles. The summed E-state index contributed by atoms with van der Waals surface area (Å²) in [6, 6.07) is 1.77. The average Bonchev–Trinajstić information content (AvgIpc) is 2.87. The predicted molar refractivity (Wildman–Crippen MR) is 97.8 cm³/mol. The second-order valence-corrected chi connectivity index (χ2v) is 7.02. The van der Waals surface area contributed by atoms with Gasteiger partial charge in [0, 0.05) is 43.8 Å². The van der Waals surface area contributed by atoms with Crippen molar-refractivity contribution in [1.29, 1.82) is 0 Å². The zero-order chi connectivity index (χ0) is 18.7. The summed E-state index contributed by atoms with van der Waals surface area (Å²) < 4.78 is 1.78. The van der Waals surface area contributed by atoms with E-state index in [9.17, 15) is 9.90 Å². The summed E-state index contributed by atoms with van der Waals surface area (Å²) in [6.07, 6.45) is 5.12. The number of aryl methyl sites for hydroxylation is 2. The number of β-amino-alcohol motifs (C(OH)–C–C–N with tert-alkyl or cyclic N) is 1. The molecule has 1 fully saturated rings. The van der Waals surface area contributed by atoms with Crippen molar-refractivity contribution in [2.24, 2.45) is 7.05 Å². The molecule has 2 aromatic rings. The second kappa shape index (κ2) is 7.41. The standard InChI is InChI=1S/C18H26N6O2/c1-13-15(14(2)23(3)22-13)10-16(25)21-11-18(26)6-4-9-24(12-18)17-19-7-5-8-20-17/h5,7-8,26H,4,6,9-12H2,1-3H3,(H,21,25)/t18-/m1/s1. The van der Waals surface area contributed by atoms with Crippen molar-refractivity contribution >= 4 is 11.9 Å². The fourth-order valence-electron chi connectivity index (χ4n) is 3.44. The molecule has 2 N–H and O–H groups in total. The van der Waals surface area contributed by atoms with Crippen LogP contribution in [0.1, 0.15) is 29.8 Å². The summed E-state index contributed by atoms with van der Waals surface area (Å²) in [5, 5.41) is 18.1. The molecule has 2 aromatic heterocycles. The van der Waals surface area contributed by atoms with Crippen LogP contribution in [-0.2, 0) is 18.3 Å². The minimum atomic E-state index is -0.980. The third-order valence-electron chi connectivity index (χ3n) is 5.00. The van der Waals surface area contributed by atoms with Gasteiger partial charge in [-0.05, 0) is 32.8 Å². The first-order chi connectivity index (χ1) is 12.4. The number of hydrogen-bond donors (Lipinski definition) is 2. The van der Waals surface area contributed by atoms with Gasteiger partial charge in [-0.15, -0.1) is 0 Å². The Balaban J connectivity index is 1.58. The molecule has 3 rings (SSSR count). The molecule has 0 spiro atoms. The van der Waals surface area contributed by atoms with Gasteiger partial charge in [0.1, 0.15) is 0 Å². The van der Waals surface area contributed by atoms with Crippen LogP contribution >= 0.6 is 0 Å². The summed E-state index contributed by atoms with van der Waals surface area (Å²) in [6.45, 7) is 5.28. The van der Waals surface area contributed by atoms with Gasteiger partial charge in [-0.25, -0.2) is 9.97 Å². The minimum absolute atomic E-state index is 0.106. The van der Waals surface area contributed by atoms with E-state index in [1.807, 2.05) is 25.8 Å². The quantitative estimate of drug-likeness (QED) is 0.809. The van der Waals surface area contributed by atoms with Gasteiger partial charge in [0.05, 0.1) is 24.3 Å². The highest BCUT2D eigenvalue weighted by atomic mass is 16.3. The van der Waals surface area contributed by atoms with E-state index in [-0.39, 0.29) is 18.9 Å². The van der Waals surface area contributed by atoms with Crippen molar-refractivity contribution in [3.8, 4) is 0 Å². The SMILES string of the molecule is Cc1nn(C)c(C)c1CC(=O)NC[C@]1(O)CCCN(c2ncccn2)C1. The number of carbonyl (C=O) groups is 1. The summed E-state index contributed by atoms with van der Waals surface area (Å²) >= 11 is 0. The normalized spacial score (nSPS) is 20.2. The molecule has 8 nitrogen and oxygen atoms in total. The molecule has 26 heavy (non-hydrogen) atoms. The first kappa shape index (κ1) is 18.3.